The molecule has 0 aliphatic heterocycles. The summed E-state index contributed by atoms with van der Waals surface area (Å²) < 4.78 is 10.4. The van der Waals surface area contributed by atoms with Crippen molar-refractivity contribution in [2.75, 3.05) is 14.2 Å². The third-order valence-corrected chi connectivity index (χ3v) is 2.37. The number of methoxy groups -OCH3 is 2. The zero-order valence-electron chi connectivity index (χ0n) is 9.86. The molecule has 0 saturated carbocycles. The molecule has 5 heteroatoms. The van der Waals surface area contributed by atoms with Gasteiger partial charge in [0.15, 0.2) is 5.82 Å². The Hall–Kier alpha value is -0.710. The van der Waals surface area contributed by atoms with E-state index in [1.54, 1.807) is 20.3 Å². The fraction of sp³-hybridized carbons (Fsp3) is 0.636. The lowest BCUT2D eigenvalue weighted by atomic mass is 10.2. The van der Waals surface area contributed by atoms with Crippen LogP contribution in [0.2, 0.25) is 5.15 Å². The van der Waals surface area contributed by atoms with Gasteiger partial charge in [-0.25, -0.2) is 9.97 Å². The number of halogens is 1. The molecule has 1 heterocycles. The summed E-state index contributed by atoms with van der Waals surface area (Å²) in [6.45, 7) is 2.52. The Balaban J connectivity index is 2.92. The molecular formula is C11H17ClN2O2. The number of nitrogens with zero attached hydrogens (tertiary/aromatic N) is 2. The van der Waals surface area contributed by atoms with Crippen LogP contribution in [0, 0.1) is 0 Å². The van der Waals surface area contributed by atoms with E-state index in [1.807, 2.05) is 0 Å². The van der Waals surface area contributed by atoms with Crippen LogP contribution in [0.1, 0.15) is 37.4 Å². The highest BCUT2D eigenvalue weighted by Crippen LogP contribution is 2.20. The van der Waals surface area contributed by atoms with Crippen LogP contribution in [0.4, 0.5) is 0 Å². The molecule has 0 aromatic carbocycles. The van der Waals surface area contributed by atoms with Crippen LogP contribution >= 0.6 is 11.6 Å². The van der Waals surface area contributed by atoms with Gasteiger partial charge in [-0.05, 0) is 12.5 Å². The van der Waals surface area contributed by atoms with Gasteiger partial charge < -0.3 is 9.47 Å². The predicted molar refractivity (Wildman–Crippen MR) is 62.4 cm³/mol. The highest BCUT2D eigenvalue weighted by Gasteiger charge is 2.14. The molecule has 0 aliphatic carbocycles. The smallest absolute Gasteiger partial charge is 0.159 e. The molecule has 1 unspecified atom stereocenters. The summed E-state index contributed by atoms with van der Waals surface area (Å²) in [7, 11) is 3.27. The summed E-state index contributed by atoms with van der Waals surface area (Å²) in [5.41, 5.74) is 0.774. The normalized spacial score (nSPS) is 12.8. The average molecular weight is 245 g/mol. The molecule has 0 aliphatic rings. The zero-order valence-corrected chi connectivity index (χ0v) is 10.6. The molecule has 0 amide bonds. The van der Waals surface area contributed by atoms with E-state index in [9.17, 15) is 0 Å². The maximum absolute atomic E-state index is 5.92. The van der Waals surface area contributed by atoms with Crippen molar-refractivity contribution in [1.82, 2.24) is 9.97 Å². The molecular weight excluding hydrogens is 228 g/mol. The molecule has 4 nitrogen and oxygen atoms in total. The van der Waals surface area contributed by atoms with Crippen molar-refractivity contribution in [2.24, 2.45) is 0 Å². The SMILES string of the molecule is CCCC(OC)c1nc(Cl)cc(COC)n1. The minimum Gasteiger partial charge on any atom is -0.378 e. The Kier molecular flexibility index (Phi) is 5.66. The van der Waals surface area contributed by atoms with Crippen molar-refractivity contribution in [3.8, 4) is 0 Å². The van der Waals surface area contributed by atoms with Crippen LogP contribution in [0.25, 0.3) is 0 Å². The Labute approximate surface area is 101 Å². The first-order valence-electron chi connectivity index (χ1n) is 5.26. The third kappa shape index (κ3) is 3.70. The Morgan fingerprint density at radius 1 is 1.38 bits per heavy atom. The lowest BCUT2D eigenvalue weighted by molar-refractivity contribution is 0.0867. The van der Waals surface area contributed by atoms with E-state index in [0.717, 1.165) is 18.5 Å². The monoisotopic (exact) mass is 244 g/mol. The topological polar surface area (TPSA) is 44.2 Å². The maximum Gasteiger partial charge on any atom is 0.159 e. The van der Waals surface area contributed by atoms with Gasteiger partial charge in [0, 0.05) is 14.2 Å². The number of rotatable bonds is 6. The van der Waals surface area contributed by atoms with Crippen LogP contribution < -0.4 is 0 Å². The van der Waals surface area contributed by atoms with Crippen molar-refractivity contribution in [3.63, 3.8) is 0 Å². The molecule has 0 radical (unpaired) electrons. The number of hydrogen-bond donors (Lipinski definition) is 0. The third-order valence-electron chi connectivity index (χ3n) is 2.18. The zero-order chi connectivity index (χ0) is 12.0. The lowest BCUT2D eigenvalue weighted by Crippen LogP contribution is -2.09. The predicted octanol–water partition coefficient (Wildman–Crippen LogP) is 2.76. The van der Waals surface area contributed by atoms with Gasteiger partial charge in [-0.3, -0.25) is 0 Å². The van der Waals surface area contributed by atoms with E-state index in [-0.39, 0.29) is 6.10 Å². The Morgan fingerprint density at radius 3 is 2.69 bits per heavy atom. The summed E-state index contributed by atoms with van der Waals surface area (Å²) >= 11 is 5.92. The Morgan fingerprint density at radius 2 is 2.12 bits per heavy atom. The minimum atomic E-state index is -0.0979. The summed E-state index contributed by atoms with van der Waals surface area (Å²) in [4.78, 5) is 8.55. The van der Waals surface area contributed by atoms with Gasteiger partial charge in [-0.15, -0.1) is 0 Å². The second kappa shape index (κ2) is 6.78. The first-order chi connectivity index (χ1) is 7.71. The summed E-state index contributed by atoms with van der Waals surface area (Å²) in [6, 6.07) is 1.70. The van der Waals surface area contributed by atoms with Crippen LogP contribution in [0.15, 0.2) is 6.07 Å². The van der Waals surface area contributed by atoms with Crippen molar-refractivity contribution in [2.45, 2.75) is 32.5 Å². The number of ether oxygens (including phenoxy) is 2. The first-order valence-corrected chi connectivity index (χ1v) is 5.64. The maximum atomic E-state index is 5.92. The summed E-state index contributed by atoms with van der Waals surface area (Å²) in [5, 5.41) is 0.426. The molecule has 0 fully saturated rings. The first kappa shape index (κ1) is 13.4. The fourth-order valence-electron chi connectivity index (χ4n) is 1.46. The van der Waals surface area contributed by atoms with Crippen molar-refractivity contribution < 1.29 is 9.47 Å². The highest BCUT2D eigenvalue weighted by atomic mass is 35.5. The summed E-state index contributed by atoms with van der Waals surface area (Å²) in [5.74, 6) is 0.629. The molecule has 16 heavy (non-hydrogen) atoms. The minimum absolute atomic E-state index is 0.0979. The summed E-state index contributed by atoms with van der Waals surface area (Å²) in [6.07, 6.45) is 1.79. The van der Waals surface area contributed by atoms with E-state index < -0.39 is 0 Å². The molecule has 90 valence electrons. The van der Waals surface area contributed by atoms with E-state index in [4.69, 9.17) is 21.1 Å². The van der Waals surface area contributed by atoms with Gasteiger partial charge in [-0.1, -0.05) is 24.9 Å². The van der Waals surface area contributed by atoms with E-state index in [2.05, 4.69) is 16.9 Å². The number of aromatic nitrogens is 2. The van der Waals surface area contributed by atoms with Crippen molar-refractivity contribution in [1.29, 1.82) is 0 Å². The van der Waals surface area contributed by atoms with Crippen LogP contribution in [0.5, 0.6) is 0 Å². The van der Waals surface area contributed by atoms with E-state index >= 15 is 0 Å². The largest absolute Gasteiger partial charge is 0.378 e. The average Bonchev–Trinajstić information content (AvgIpc) is 2.25. The van der Waals surface area contributed by atoms with Crippen LogP contribution in [0.3, 0.4) is 0 Å². The van der Waals surface area contributed by atoms with Crippen molar-refractivity contribution >= 4 is 11.6 Å². The highest BCUT2D eigenvalue weighted by molar-refractivity contribution is 6.29. The lowest BCUT2D eigenvalue weighted by Gasteiger charge is -2.13. The fourth-order valence-corrected chi connectivity index (χ4v) is 1.68. The van der Waals surface area contributed by atoms with Crippen molar-refractivity contribution in [3.05, 3.63) is 22.7 Å². The Bertz CT molecular complexity index is 334. The molecule has 0 saturated heterocycles. The van der Waals surface area contributed by atoms with Crippen LogP contribution in [-0.2, 0) is 16.1 Å². The molecule has 0 N–H and O–H groups in total. The van der Waals surface area contributed by atoms with Crippen LogP contribution in [-0.4, -0.2) is 24.2 Å². The molecule has 1 atom stereocenters. The van der Waals surface area contributed by atoms with E-state index in [1.165, 1.54) is 0 Å². The second-order valence-electron chi connectivity index (χ2n) is 3.49. The second-order valence-corrected chi connectivity index (χ2v) is 3.87. The standard InChI is InChI=1S/C11H17ClN2O2/c1-4-5-9(16-3)11-13-8(7-15-2)6-10(12)14-11/h6,9H,4-5,7H2,1-3H3. The van der Waals surface area contributed by atoms with Gasteiger partial charge >= 0.3 is 0 Å². The molecule has 1 rings (SSSR count). The quantitative estimate of drug-likeness (QED) is 0.722. The molecule has 0 bridgehead atoms. The van der Waals surface area contributed by atoms with E-state index in [0.29, 0.717) is 17.6 Å². The van der Waals surface area contributed by atoms with Gasteiger partial charge in [0.05, 0.1) is 12.3 Å². The molecule has 1 aromatic rings. The van der Waals surface area contributed by atoms with Gasteiger partial charge in [0.2, 0.25) is 0 Å². The molecule has 1 aromatic heterocycles. The van der Waals surface area contributed by atoms with Gasteiger partial charge in [-0.2, -0.15) is 0 Å². The van der Waals surface area contributed by atoms with Gasteiger partial charge in [0.1, 0.15) is 11.3 Å². The van der Waals surface area contributed by atoms with Gasteiger partial charge in [0.25, 0.3) is 0 Å². The number of hydrogen-bond acceptors (Lipinski definition) is 4. The molecule has 0 spiro atoms.